The number of rotatable bonds is 3. The van der Waals surface area contributed by atoms with Gasteiger partial charge < -0.3 is 10.1 Å². The van der Waals surface area contributed by atoms with Crippen molar-refractivity contribution >= 4 is 0 Å². The summed E-state index contributed by atoms with van der Waals surface area (Å²) in [5.74, 6) is -0.198. The highest BCUT2D eigenvalue weighted by molar-refractivity contribution is 5.23. The zero-order valence-electron chi connectivity index (χ0n) is 9.79. The summed E-state index contributed by atoms with van der Waals surface area (Å²) in [4.78, 5) is 0. The summed E-state index contributed by atoms with van der Waals surface area (Å²) < 4.78 is 18.7. The SMILES string of the molecule is CNC(c1ccc(F)cc1)C1(C)CCCO1. The van der Waals surface area contributed by atoms with Gasteiger partial charge in [-0.3, -0.25) is 0 Å². The molecule has 1 saturated heterocycles. The molecule has 1 aromatic rings. The van der Waals surface area contributed by atoms with Gasteiger partial charge in [-0.25, -0.2) is 4.39 Å². The average molecular weight is 223 g/mol. The van der Waals surface area contributed by atoms with Crippen molar-refractivity contribution in [3.8, 4) is 0 Å². The number of likely N-dealkylation sites (N-methyl/N-ethyl adjacent to an activating group) is 1. The molecule has 0 aromatic heterocycles. The number of hydrogen-bond donors (Lipinski definition) is 1. The van der Waals surface area contributed by atoms with Gasteiger partial charge in [0.1, 0.15) is 5.82 Å². The van der Waals surface area contributed by atoms with E-state index in [2.05, 4.69) is 12.2 Å². The van der Waals surface area contributed by atoms with Crippen LogP contribution in [0.5, 0.6) is 0 Å². The van der Waals surface area contributed by atoms with Crippen LogP contribution in [0.2, 0.25) is 0 Å². The van der Waals surface area contributed by atoms with Gasteiger partial charge in [-0.1, -0.05) is 12.1 Å². The average Bonchev–Trinajstić information content (AvgIpc) is 2.70. The van der Waals surface area contributed by atoms with E-state index in [9.17, 15) is 4.39 Å². The highest BCUT2D eigenvalue weighted by atomic mass is 19.1. The van der Waals surface area contributed by atoms with Crippen molar-refractivity contribution in [1.82, 2.24) is 5.32 Å². The maximum absolute atomic E-state index is 12.9. The molecule has 2 atom stereocenters. The van der Waals surface area contributed by atoms with E-state index in [1.807, 2.05) is 19.2 Å². The minimum Gasteiger partial charge on any atom is -0.373 e. The second-order valence-electron chi connectivity index (χ2n) is 4.54. The predicted octanol–water partition coefficient (Wildman–Crippen LogP) is 2.66. The van der Waals surface area contributed by atoms with Crippen LogP contribution in [0, 0.1) is 5.82 Å². The molecule has 1 heterocycles. The van der Waals surface area contributed by atoms with Gasteiger partial charge in [0, 0.05) is 6.61 Å². The Morgan fingerprint density at radius 1 is 1.38 bits per heavy atom. The third-order valence-electron chi connectivity index (χ3n) is 3.35. The van der Waals surface area contributed by atoms with Crippen LogP contribution in [0.1, 0.15) is 31.4 Å². The highest BCUT2D eigenvalue weighted by Crippen LogP contribution is 2.37. The first kappa shape index (κ1) is 11.6. The van der Waals surface area contributed by atoms with Gasteiger partial charge in [-0.05, 0) is 44.5 Å². The third kappa shape index (κ3) is 2.11. The van der Waals surface area contributed by atoms with Crippen molar-refractivity contribution in [1.29, 1.82) is 0 Å². The van der Waals surface area contributed by atoms with Crippen LogP contribution in [0.15, 0.2) is 24.3 Å². The summed E-state index contributed by atoms with van der Waals surface area (Å²) in [6.07, 6.45) is 2.13. The second kappa shape index (κ2) is 4.52. The summed E-state index contributed by atoms with van der Waals surface area (Å²) in [6, 6.07) is 6.76. The number of hydrogen-bond acceptors (Lipinski definition) is 2. The molecular formula is C13H18FNO. The van der Waals surface area contributed by atoms with Crippen LogP contribution in [0.3, 0.4) is 0 Å². The Morgan fingerprint density at radius 2 is 2.06 bits per heavy atom. The minimum absolute atomic E-state index is 0.121. The summed E-state index contributed by atoms with van der Waals surface area (Å²) in [5, 5.41) is 3.27. The van der Waals surface area contributed by atoms with E-state index in [-0.39, 0.29) is 17.5 Å². The smallest absolute Gasteiger partial charge is 0.123 e. The fourth-order valence-electron chi connectivity index (χ4n) is 2.51. The molecule has 0 bridgehead atoms. The topological polar surface area (TPSA) is 21.3 Å². The monoisotopic (exact) mass is 223 g/mol. The van der Waals surface area contributed by atoms with Crippen LogP contribution in [-0.2, 0) is 4.74 Å². The molecule has 2 nitrogen and oxygen atoms in total. The Morgan fingerprint density at radius 3 is 2.56 bits per heavy atom. The largest absolute Gasteiger partial charge is 0.373 e. The van der Waals surface area contributed by atoms with E-state index in [0.717, 1.165) is 25.0 Å². The lowest BCUT2D eigenvalue weighted by Gasteiger charge is -2.33. The maximum Gasteiger partial charge on any atom is 0.123 e. The molecule has 1 aromatic carbocycles. The Balaban J connectivity index is 2.25. The number of nitrogens with one attached hydrogen (secondary N) is 1. The molecule has 2 rings (SSSR count). The van der Waals surface area contributed by atoms with Crippen molar-refractivity contribution in [2.75, 3.05) is 13.7 Å². The first-order valence-electron chi connectivity index (χ1n) is 5.72. The Bertz CT molecular complexity index is 343. The lowest BCUT2D eigenvalue weighted by atomic mass is 9.88. The lowest BCUT2D eigenvalue weighted by Crippen LogP contribution is -2.39. The van der Waals surface area contributed by atoms with E-state index in [1.54, 1.807) is 0 Å². The number of halogens is 1. The first-order chi connectivity index (χ1) is 7.65. The van der Waals surface area contributed by atoms with Gasteiger partial charge in [0.25, 0.3) is 0 Å². The van der Waals surface area contributed by atoms with Crippen molar-refractivity contribution in [2.24, 2.45) is 0 Å². The molecule has 1 aliphatic heterocycles. The molecule has 1 fully saturated rings. The standard InChI is InChI=1S/C13H18FNO/c1-13(8-3-9-16-13)12(15-2)10-4-6-11(14)7-5-10/h4-7,12,15H,3,8-9H2,1-2H3. The van der Waals surface area contributed by atoms with Gasteiger partial charge in [-0.15, -0.1) is 0 Å². The first-order valence-corrected chi connectivity index (χ1v) is 5.72. The van der Waals surface area contributed by atoms with E-state index in [1.165, 1.54) is 12.1 Å². The molecule has 1 aliphatic rings. The van der Waals surface area contributed by atoms with Crippen LogP contribution in [0.4, 0.5) is 4.39 Å². The quantitative estimate of drug-likeness (QED) is 0.850. The van der Waals surface area contributed by atoms with Crippen LogP contribution < -0.4 is 5.32 Å². The maximum atomic E-state index is 12.9. The van der Waals surface area contributed by atoms with Crippen LogP contribution >= 0.6 is 0 Å². The molecule has 16 heavy (non-hydrogen) atoms. The molecule has 1 N–H and O–H groups in total. The Labute approximate surface area is 95.8 Å². The Hall–Kier alpha value is -0.930. The van der Waals surface area contributed by atoms with Gasteiger partial charge >= 0.3 is 0 Å². The van der Waals surface area contributed by atoms with Crippen LogP contribution in [0.25, 0.3) is 0 Å². The van der Waals surface area contributed by atoms with Gasteiger partial charge in [0.15, 0.2) is 0 Å². The van der Waals surface area contributed by atoms with E-state index in [0.29, 0.717) is 0 Å². The Kier molecular flexibility index (Phi) is 3.26. The summed E-state index contributed by atoms with van der Waals surface area (Å²) >= 11 is 0. The molecule has 0 radical (unpaired) electrons. The van der Waals surface area contributed by atoms with Crippen molar-refractivity contribution in [3.05, 3.63) is 35.6 Å². The van der Waals surface area contributed by atoms with Gasteiger partial charge in [0.05, 0.1) is 11.6 Å². The molecule has 88 valence electrons. The van der Waals surface area contributed by atoms with Crippen molar-refractivity contribution in [2.45, 2.75) is 31.4 Å². The fourth-order valence-corrected chi connectivity index (χ4v) is 2.51. The molecule has 2 unspecified atom stereocenters. The predicted molar refractivity (Wildman–Crippen MR) is 61.8 cm³/mol. The molecular weight excluding hydrogens is 205 g/mol. The summed E-state index contributed by atoms with van der Waals surface area (Å²) in [7, 11) is 1.92. The molecule has 3 heteroatoms. The minimum atomic E-state index is -0.198. The number of benzene rings is 1. The van der Waals surface area contributed by atoms with Crippen molar-refractivity contribution < 1.29 is 9.13 Å². The molecule has 0 spiro atoms. The molecule has 0 aliphatic carbocycles. The fraction of sp³-hybridized carbons (Fsp3) is 0.538. The van der Waals surface area contributed by atoms with E-state index < -0.39 is 0 Å². The third-order valence-corrected chi connectivity index (χ3v) is 3.35. The summed E-state index contributed by atoms with van der Waals surface area (Å²) in [6.45, 7) is 2.93. The summed E-state index contributed by atoms with van der Waals surface area (Å²) in [5.41, 5.74) is 0.903. The molecule has 0 amide bonds. The van der Waals surface area contributed by atoms with Crippen molar-refractivity contribution in [3.63, 3.8) is 0 Å². The molecule has 0 saturated carbocycles. The lowest BCUT2D eigenvalue weighted by molar-refractivity contribution is -0.0105. The zero-order valence-corrected chi connectivity index (χ0v) is 9.79. The van der Waals surface area contributed by atoms with E-state index in [4.69, 9.17) is 4.74 Å². The number of ether oxygens (including phenoxy) is 1. The zero-order chi connectivity index (χ0) is 11.6. The highest BCUT2D eigenvalue weighted by Gasteiger charge is 2.38. The van der Waals surface area contributed by atoms with E-state index >= 15 is 0 Å². The van der Waals surface area contributed by atoms with Gasteiger partial charge in [-0.2, -0.15) is 0 Å². The second-order valence-corrected chi connectivity index (χ2v) is 4.54. The van der Waals surface area contributed by atoms with Gasteiger partial charge in [0.2, 0.25) is 0 Å². The van der Waals surface area contributed by atoms with Crippen LogP contribution in [-0.4, -0.2) is 19.3 Å². The normalized spacial score (nSPS) is 26.9.